The molecule has 1 aliphatic rings. The molecule has 2 rings (SSSR count). The fourth-order valence-corrected chi connectivity index (χ4v) is 2.93. The normalized spacial score (nSPS) is 19.5. The van der Waals surface area contributed by atoms with Gasteiger partial charge in [0.05, 0.1) is 12.3 Å². The van der Waals surface area contributed by atoms with Gasteiger partial charge in [-0.3, -0.25) is 9.59 Å². The summed E-state index contributed by atoms with van der Waals surface area (Å²) in [5.74, 6) is -0.425. The van der Waals surface area contributed by atoms with Crippen molar-refractivity contribution < 1.29 is 18.0 Å². The molecule has 0 aliphatic carbocycles. The van der Waals surface area contributed by atoms with Crippen molar-refractivity contribution in [2.75, 3.05) is 25.1 Å². The van der Waals surface area contributed by atoms with Crippen molar-refractivity contribution in [3.05, 3.63) is 35.9 Å². The van der Waals surface area contributed by atoms with Gasteiger partial charge in [0.15, 0.2) is 0 Å². The highest BCUT2D eigenvalue weighted by Gasteiger charge is 2.33. The van der Waals surface area contributed by atoms with Crippen molar-refractivity contribution >= 4 is 21.7 Å². The van der Waals surface area contributed by atoms with Crippen LogP contribution in [0.25, 0.3) is 0 Å². The Labute approximate surface area is 124 Å². The topological polar surface area (TPSA) is 83.6 Å². The van der Waals surface area contributed by atoms with Gasteiger partial charge in [0.1, 0.15) is 15.9 Å². The first-order valence-electron chi connectivity index (χ1n) is 6.67. The van der Waals surface area contributed by atoms with Crippen LogP contribution >= 0.6 is 0 Å². The van der Waals surface area contributed by atoms with Crippen LogP contribution in [0.5, 0.6) is 0 Å². The molecule has 21 heavy (non-hydrogen) atoms. The lowest BCUT2D eigenvalue weighted by atomic mass is 10.0. The van der Waals surface area contributed by atoms with Crippen LogP contribution in [-0.4, -0.2) is 50.2 Å². The van der Waals surface area contributed by atoms with E-state index in [4.69, 9.17) is 0 Å². The molecule has 0 radical (unpaired) electrons. The summed E-state index contributed by atoms with van der Waals surface area (Å²) in [6.07, 6.45) is 1.49. The minimum absolute atomic E-state index is 0.00834. The van der Waals surface area contributed by atoms with Gasteiger partial charge < -0.3 is 10.2 Å². The van der Waals surface area contributed by atoms with Gasteiger partial charge in [0.25, 0.3) is 0 Å². The number of rotatable bonds is 5. The van der Waals surface area contributed by atoms with E-state index in [1.165, 1.54) is 4.90 Å². The summed E-state index contributed by atoms with van der Waals surface area (Å²) in [4.78, 5) is 25.5. The molecule has 1 saturated heterocycles. The molecule has 1 aliphatic heterocycles. The smallest absolute Gasteiger partial charge is 0.250 e. The van der Waals surface area contributed by atoms with Gasteiger partial charge in [-0.2, -0.15) is 0 Å². The van der Waals surface area contributed by atoms with E-state index < -0.39 is 15.9 Å². The fraction of sp³-hybridized carbons (Fsp3) is 0.429. The Morgan fingerprint density at radius 1 is 1.24 bits per heavy atom. The fourth-order valence-electron chi connectivity index (χ4n) is 2.28. The molecule has 2 amide bonds. The first-order chi connectivity index (χ1) is 9.87. The van der Waals surface area contributed by atoms with Gasteiger partial charge in [0, 0.05) is 12.8 Å². The largest absolute Gasteiger partial charge is 0.339 e. The monoisotopic (exact) mass is 310 g/mol. The Balaban J connectivity index is 2.06. The van der Waals surface area contributed by atoms with E-state index in [2.05, 4.69) is 5.32 Å². The van der Waals surface area contributed by atoms with E-state index in [1.54, 1.807) is 24.3 Å². The summed E-state index contributed by atoms with van der Waals surface area (Å²) < 4.78 is 22.2. The van der Waals surface area contributed by atoms with E-state index in [0.717, 1.165) is 11.8 Å². The Kier molecular flexibility index (Phi) is 4.62. The van der Waals surface area contributed by atoms with Gasteiger partial charge in [-0.25, -0.2) is 8.42 Å². The van der Waals surface area contributed by atoms with Gasteiger partial charge in [0.2, 0.25) is 11.8 Å². The average molecular weight is 310 g/mol. The predicted molar refractivity (Wildman–Crippen MR) is 78.2 cm³/mol. The van der Waals surface area contributed by atoms with Crippen molar-refractivity contribution in [2.45, 2.75) is 12.5 Å². The zero-order chi connectivity index (χ0) is 15.5. The molecular formula is C14H18N2O4S. The number of hydrogen-bond donors (Lipinski definition) is 1. The number of benzene rings is 1. The summed E-state index contributed by atoms with van der Waals surface area (Å²) in [5, 5.41) is 2.67. The second-order valence-electron chi connectivity index (χ2n) is 5.15. The van der Waals surface area contributed by atoms with Crippen molar-refractivity contribution in [1.82, 2.24) is 10.2 Å². The molecule has 7 heteroatoms. The lowest BCUT2D eigenvalue weighted by molar-refractivity contribution is -0.144. The SMILES string of the molecule is CS(=O)(=O)CCCN1CC(=O)NC(c2ccccc2)C1=O. The number of sulfone groups is 1. The molecule has 1 heterocycles. The van der Waals surface area contributed by atoms with Crippen LogP contribution in [0.1, 0.15) is 18.0 Å². The summed E-state index contributed by atoms with van der Waals surface area (Å²) >= 11 is 0. The van der Waals surface area contributed by atoms with Crippen LogP contribution in [0.15, 0.2) is 30.3 Å². The maximum Gasteiger partial charge on any atom is 0.250 e. The quantitative estimate of drug-likeness (QED) is 0.837. The molecule has 1 aromatic carbocycles. The van der Waals surface area contributed by atoms with Crippen molar-refractivity contribution in [3.8, 4) is 0 Å². The van der Waals surface area contributed by atoms with E-state index in [-0.39, 0.29) is 30.7 Å². The van der Waals surface area contributed by atoms with E-state index in [9.17, 15) is 18.0 Å². The number of piperazine rings is 1. The van der Waals surface area contributed by atoms with Crippen LogP contribution < -0.4 is 5.32 Å². The first kappa shape index (κ1) is 15.5. The first-order valence-corrected chi connectivity index (χ1v) is 8.74. The van der Waals surface area contributed by atoms with Gasteiger partial charge in [-0.1, -0.05) is 30.3 Å². The molecule has 0 saturated carbocycles. The van der Waals surface area contributed by atoms with Crippen molar-refractivity contribution in [3.63, 3.8) is 0 Å². The number of nitrogens with zero attached hydrogens (tertiary/aromatic N) is 1. The molecule has 1 atom stereocenters. The van der Waals surface area contributed by atoms with Gasteiger partial charge >= 0.3 is 0 Å². The van der Waals surface area contributed by atoms with Gasteiger partial charge in [-0.05, 0) is 12.0 Å². The Morgan fingerprint density at radius 3 is 2.52 bits per heavy atom. The summed E-state index contributed by atoms with van der Waals surface area (Å²) in [6, 6.07) is 8.31. The zero-order valence-electron chi connectivity index (χ0n) is 11.8. The Bertz CT molecular complexity index is 628. The second-order valence-corrected chi connectivity index (χ2v) is 7.41. The standard InChI is InChI=1S/C14H18N2O4S/c1-21(19,20)9-5-8-16-10-12(17)15-13(14(16)18)11-6-3-2-4-7-11/h2-4,6-7,13H,5,8-10H2,1H3,(H,15,17). The second kappa shape index (κ2) is 6.26. The molecule has 1 N–H and O–H groups in total. The van der Waals surface area contributed by atoms with Crippen molar-refractivity contribution in [2.24, 2.45) is 0 Å². The van der Waals surface area contributed by atoms with Crippen LogP contribution in [0.4, 0.5) is 0 Å². The third-order valence-electron chi connectivity index (χ3n) is 3.27. The highest BCUT2D eigenvalue weighted by molar-refractivity contribution is 7.90. The number of carbonyl (C=O) groups excluding carboxylic acids is 2. The zero-order valence-corrected chi connectivity index (χ0v) is 12.6. The maximum absolute atomic E-state index is 12.4. The summed E-state index contributed by atoms with van der Waals surface area (Å²) in [7, 11) is -3.06. The third-order valence-corrected chi connectivity index (χ3v) is 4.30. The average Bonchev–Trinajstić information content (AvgIpc) is 2.42. The molecule has 1 unspecified atom stereocenters. The number of carbonyl (C=O) groups is 2. The molecule has 6 nitrogen and oxygen atoms in total. The highest BCUT2D eigenvalue weighted by Crippen LogP contribution is 2.19. The maximum atomic E-state index is 12.4. The molecule has 0 bridgehead atoms. The van der Waals surface area contributed by atoms with E-state index >= 15 is 0 Å². The lowest BCUT2D eigenvalue weighted by Gasteiger charge is -2.32. The molecule has 1 aromatic rings. The van der Waals surface area contributed by atoms with E-state index in [0.29, 0.717) is 6.42 Å². The molecule has 0 spiro atoms. The predicted octanol–water partition coefficient (Wildman–Crippen LogP) is 0.121. The highest BCUT2D eigenvalue weighted by atomic mass is 32.2. The minimum atomic E-state index is -3.06. The van der Waals surface area contributed by atoms with Crippen LogP contribution in [0, 0.1) is 0 Å². The summed E-state index contributed by atoms with van der Waals surface area (Å²) in [5.41, 5.74) is 0.726. The summed E-state index contributed by atoms with van der Waals surface area (Å²) in [6.45, 7) is 0.245. The molecule has 1 fully saturated rings. The minimum Gasteiger partial charge on any atom is -0.339 e. The molecule has 114 valence electrons. The van der Waals surface area contributed by atoms with Crippen molar-refractivity contribution in [1.29, 1.82) is 0 Å². The van der Waals surface area contributed by atoms with E-state index in [1.807, 2.05) is 6.07 Å². The number of amides is 2. The lowest BCUT2D eigenvalue weighted by Crippen LogP contribution is -2.53. The number of nitrogens with one attached hydrogen (secondary N) is 1. The van der Waals surface area contributed by atoms with Gasteiger partial charge in [-0.15, -0.1) is 0 Å². The van der Waals surface area contributed by atoms with Crippen LogP contribution in [0.3, 0.4) is 0 Å². The van der Waals surface area contributed by atoms with Crippen LogP contribution in [0.2, 0.25) is 0 Å². The van der Waals surface area contributed by atoms with Crippen LogP contribution in [-0.2, 0) is 19.4 Å². The molecular weight excluding hydrogens is 292 g/mol. The third kappa shape index (κ3) is 4.29. The Hall–Kier alpha value is -1.89. The Morgan fingerprint density at radius 2 is 1.90 bits per heavy atom. The molecule has 0 aromatic heterocycles. The number of hydrogen-bond acceptors (Lipinski definition) is 4.